The Kier molecular flexibility index (Phi) is 7.57. The highest BCUT2D eigenvalue weighted by Gasteiger charge is 2.00. The Morgan fingerprint density at radius 3 is 2.50 bits per heavy atom. The molecule has 0 aromatic heterocycles. The maximum atomic E-state index is 11.6. The van der Waals surface area contributed by atoms with Crippen LogP contribution in [0.2, 0.25) is 0 Å². The van der Waals surface area contributed by atoms with E-state index in [1.807, 2.05) is 66.7 Å². The first kappa shape index (κ1) is 17.8. The zero-order chi connectivity index (χ0) is 17.0. The minimum absolute atomic E-state index is 0.168. The summed E-state index contributed by atoms with van der Waals surface area (Å²) in [4.78, 5) is 11.6. The van der Waals surface area contributed by atoms with Gasteiger partial charge in [-0.1, -0.05) is 66.7 Å². The predicted molar refractivity (Wildman–Crippen MR) is 95.5 cm³/mol. The third-order valence-corrected chi connectivity index (χ3v) is 3.48. The number of aliphatic hydroxyl groups is 1. The first-order chi connectivity index (χ1) is 11.8. The Morgan fingerprint density at radius 2 is 1.79 bits per heavy atom. The summed E-state index contributed by atoms with van der Waals surface area (Å²) in [5, 5.41) is 11.6. The largest absolute Gasteiger partial charge is 0.445 e. The average Bonchev–Trinajstić information content (AvgIpc) is 2.62. The van der Waals surface area contributed by atoms with E-state index in [0.717, 1.165) is 23.1 Å². The quantitative estimate of drug-likeness (QED) is 0.730. The number of benzene rings is 2. The third kappa shape index (κ3) is 6.67. The van der Waals surface area contributed by atoms with Crippen molar-refractivity contribution in [3.63, 3.8) is 0 Å². The Bertz CT molecular complexity index is 636. The molecule has 4 heteroatoms. The van der Waals surface area contributed by atoms with Crippen molar-refractivity contribution in [3.05, 3.63) is 77.4 Å². The minimum Gasteiger partial charge on any atom is -0.445 e. The molecule has 0 spiro atoms. The van der Waals surface area contributed by atoms with Gasteiger partial charge >= 0.3 is 6.09 Å². The van der Waals surface area contributed by atoms with Gasteiger partial charge in [0.25, 0.3) is 0 Å². The number of nitrogens with one attached hydrogen (secondary N) is 1. The standard InChI is InChI=1S/C20H23NO3/c22-15-13-18-11-9-17(10-12-18)6-4-5-14-21-20(23)24-16-19-7-2-1-3-8-19/h1-4,6-12,22H,5,13-16H2,(H,21,23). The summed E-state index contributed by atoms with van der Waals surface area (Å²) in [5.74, 6) is 0. The van der Waals surface area contributed by atoms with Crippen LogP contribution in [0.1, 0.15) is 23.1 Å². The number of hydrogen-bond donors (Lipinski definition) is 2. The number of aliphatic hydroxyl groups excluding tert-OH is 1. The van der Waals surface area contributed by atoms with Gasteiger partial charge in [-0.25, -0.2) is 4.79 Å². The van der Waals surface area contributed by atoms with Gasteiger partial charge in [0.05, 0.1) is 0 Å². The second-order valence-corrected chi connectivity index (χ2v) is 5.39. The number of amides is 1. The topological polar surface area (TPSA) is 58.6 Å². The predicted octanol–water partition coefficient (Wildman–Crippen LogP) is 3.55. The Morgan fingerprint density at radius 1 is 1.04 bits per heavy atom. The van der Waals surface area contributed by atoms with E-state index < -0.39 is 6.09 Å². The molecule has 0 radical (unpaired) electrons. The van der Waals surface area contributed by atoms with Crippen molar-refractivity contribution in [2.75, 3.05) is 13.2 Å². The van der Waals surface area contributed by atoms with Crippen LogP contribution < -0.4 is 5.32 Å². The SMILES string of the molecule is O=C(NCCC=Cc1ccc(CCO)cc1)OCc1ccccc1. The van der Waals surface area contributed by atoms with Crippen LogP contribution in [0.3, 0.4) is 0 Å². The summed E-state index contributed by atoms with van der Waals surface area (Å²) >= 11 is 0. The number of rotatable bonds is 8. The van der Waals surface area contributed by atoms with Gasteiger partial charge in [-0.05, 0) is 29.5 Å². The van der Waals surface area contributed by atoms with Crippen molar-refractivity contribution in [3.8, 4) is 0 Å². The van der Waals surface area contributed by atoms with Gasteiger partial charge in [-0.2, -0.15) is 0 Å². The molecule has 0 aliphatic heterocycles. The van der Waals surface area contributed by atoms with E-state index in [9.17, 15) is 4.79 Å². The summed E-state index contributed by atoms with van der Waals surface area (Å²) in [6, 6.07) is 17.6. The lowest BCUT2D eigenvalue weighted by molar-refractivity contribution is 0.140. The summed E-state index contributed by atoms with van der Waals surface area (Å²) < 4.78 is 5.13. The smallest absolute Gasteiger partial charge is 0.407 e. The molecule has 0 bridgehead atoms. The molecule has 2 aromatic rings. The van der Waals surface area contributed by atoms with E-state index in [0.29, 0.717) is 13.0 Å². The second kappa shape index (κ2) is 10.2. The molecule has 0 saturated carbocycles. The molecule has 2 N–H and O–H groups in total. The molecule has 0 aliphatic rings. The van der Waals surface area contributed by atoms with Gasteiger partial charge in [0.15, 0.2) is 0 Å². The van der Waals surface area contributed by atoms with E-state index >= 15 is 0 Å². The molecule has 1 amide bonds. The molecule has 0 fully saturated rings. The van der Waals surface area contributed by atoms with Gasteiger partial charge in [0, 0.05) is 13.2 Å². The van der Waals surface area contributed by atoms with Crippen LogP contribution in [-0.4, -0.2) is 24.4 Å². The first-order valence-electron chi connectivity index (χ1n) is 8.09. The molecular formula is C20H23NO3. The van der Waals surface area contributed by atoms with Crippen LogP contribution in [-0.2, 0) is 17.8 Å². The van der Waals surface area contributed by atoms with E-state index in [4.69, 9.17) is 9.84 Å². The van der Waals surface area contributed by atoms with Crippen LogP contribution in [0.15, 0.2) is 60.7 Å². The lowest BCUT2D eigenvalue weighted by Gasteiger charge is -2.05. The lowest BCUT2D eigenvalue weighted by atomic mass is 10.1. The van der Waals surface area contributed by atoms with Gasteiger partial charge < -0.3 is 15.2 Å². The van der Waals surface area contributed by atoms with Crippen LogP contribution >= 0.6 is 0 Å². The summed E-state index contributed by atoms with van der Waals surface area (Å²) in [6.07, 6.45) is 5.04. The Hall–Kier alpha value is -2.59. The number of carbonyl (C=O) groups excluding carboxylic acids is 1. The highest BCUT2D eigenvalue weighted by atomic mass is 16.5. The fourth-order valence-electron chi connectivity index (χ4n) is 2.18. The Balaban J connectivity index is 1.62. The highest BCUT2D eigenvalue weighted by Crippen LogP contribution is 2.07. The fourth-order valence-corrected chi connectivity index (χ4v) is 2.18. The lowest BCUT2D eigenvalue weighted by Crippen LogP contribution is -2.24. The molecule has 2 rings (SSSR count). The van der Waals surface area contributed by atoms with Crippen molar-refractivity contribution in [1.82, 2.24) is 5.32 Å². The van der Waals surface area contributed by atoms with E-state index in [-0.39, 0.29) is 13.2 Å². The molecule has 2 aromatic carbocycles. The molecular weight excluding hydrogens is 302 g/mol. The van der Waals surface area contributed by atoms with Crippen molar-refractivity contribution in [2.24, 2.45) is 0 Å². The molecule has 4 nitrogen and oxygen atoms in total. The monoisotopic (exact) mass is 325 g/mol. The Labute approximate surface area is 142 Å². The molecule has 0 heterocycles. The van der Waals surface area contributed by atoms with E-state index in [2.05, 4.69) is 5.32 Å². The number of hydrogen-bond acceptors (Lipinski definition) is 3. The third-order valence-electron chi connectivity index (χ3n) is 3.48. The minimum atomic E-state index is -0.402. The van der Waals surface area contributed by atoms with E-state index in [1.165, 1.54) is 0 Å². The zero-order valence-electron chi connectivity index (χ0n) is 13.7. The van der Waals surface area contributed by atoms with Crippen LogP contribution in [0.25, 0.3) is 6.08 Å². The van der Waals surface area contributed by atoms with Crippen molar-refractivity contribution < 1.29 is 14.6 Å². The molecule has 0 unspecified atom stereocenters. The normalized spacial score (nSPS) is 10.7. The summed E-state index contributed by atoms with van der Waals surface area (Å²) in [6.45, 7) is 0.983. The molecule has 0 atom stereocenters. The molecule has 0 saturated heterocycles. The van der Waals surface area contributed by atoms with Crippen molar-refractivity contribution in [1.29, 1.82) is 0 Å². The van der Waals surface area contributed by atoms with Gasteiger partial charge in [-0.3, -0.25) is 0 Å². The summed E-state index contributed by atoms with van der Waals surface area (Å²) in [7, 11) is 0. The summed E-state index contributed by atoms with van der Waals surface area (Å²) in [5.41, 5.74) is 3.19. The zero-order valence-corrected chi connectivity index (χ0v) is 13.7. The van der Waals surface area contributed by atoms with E-state index in [1.54, 1.807) is 0 Å². The number of alkyl carbamates (subject to hydrolysis) is 1. The molecule has 126 valence electrons. The van der Waals surface area contributed by atoms with Crippen molar-refractivity contribution >= 4 is 12.2 Å². The first-order valence-corrected chi connectivity index (χ1v) is 8.09. The molecule has 0 aliphatic carbocycles. The van der Waals surface area contributed by atoms with Crippen molar-refractivity contribution in [2.45, 2.75) is 19.4 Å². The maximum Gasteiger partial charge on any atom is 0.407 e. The average molecular weight is 325 g/mol. The van der Waals surface area contributed by atoms with Crippen LogP contribution in [0, 0.1) is 0 Å². The van der Waals surface area contributed by atoms with Gasteiger partial charge in [-0.15, -0.1) is 0 Å². The fraction of sp³-hybridized carbons (Fsp3) is 0.250. The molecule has 24 heavy (non-hydrogen) atoms. The van der Waals surface area contributed by atoms with Crippen LogP contribution in [0.5, 0.6) is 0 Å². The second-order valence-electron chi connectivity index (χ2n) is 5.39. The van der Waals surface area contributed by atoms with Gasteiger partial charge in [0.2, 0.25) is 0 Å². The number of carbonyl (C=O) groups is 1. The maximum absolute atomic E-state index is 11.6. The number of ether oxygens (including phenoxy) is 1. The highest BCUT2D eigenvalue weighted by molar-refractivity contribution is 5.67. The van der Waals surface area contributed by atoms with Crippen LogP contribution in [0.4, 0.5) is 4.79 Å². The van der Waals surface area contributed by atoms with Gasteiger partial charge in [0.1, 0.15) is 6.61 Å².